The molecule has 0 heterocycles. The molecule has 2 nitrogen and oxygen atoms in total. The summed E-state index contributed by atoms with van der Waals surface area (Å²) >= 11 is 0. The predicted octanol–water partition coefficient (Wildman–Crippen LogP) is 2.35. The van der Waals surface area contributed by atoms with Crippen LogP contribution in [0.25, 0.3) is 0 Å². The third-order valence-electron chi connectivity index (χ3n) is 2.69. The Balaban J connectivity index is 2.46. The van der Waals surface area contributed by atoms with Crippen LogP contribution >= 0.6 is 0 Å². The second-order valence-electron chi connectivity index (χ2n) is 5.01. The first kappa shape index (κ1) is 11.0. The molecule has 1 unspecified atom stereocenters. The first-order valence-electron chi connectivity index (χ1n) is 5.29. The summed E-state index contributed by atoms with van der Waals surface area (Å²) in [6.07, 6.45) is 3.98. The normalized spacial score (nSPS) is 21.7. The maximum atomic E-state index is 9.89. The molecule has 0 aromatic rings. The molecule has 0 saturated heterocycles. The van der Waals surface area contributed by atoms with Crippen LogP contribution in [0.5, 0.6) is 0 Å². The van der Waals surface area contributed by atoms with Gasteiger partial charge in [0, 0.05) is 0 Å². The molecule has 2 heteroatoms. The molecule has 1 aliphatic rings. The lowest BCUT2D eigenvalue weighted by Crippen LogP contribution is -2.45. The van der Waals surface area contributed by atoms with Crippen molar-refractivity contribution in [3.05, 3.63) is 0 Å². The summed E-state index contributed by atoms with van der Waals surface area (Å²) in [5.74, 6) is 0.376. The Bertz CT molecular complexity index is 154. The van der Waals surface area contributed by atoms with Crippen LogP contribution in [0, 0.1) is 5.92 Å². The van der Waals surface area contributed by atoms with Gasteiger partial charge in [0.25, 0.3) is 0 Å². The van der Waals surface area contributed by atoms with E-state index in [4.69, 9.17) is 4.74 Å². The lowest BCUT2D eigenvalue weighted by atomic mass is 9.90. The monoisotopic (exact) mass is 186 g/mol. The Hall–Kier alpha value is -0.0800. The summed E-state index contributed by atoms with van der Waals surface area (Å²) in [5.41, 5.74) is -0.718. The number of hydrogen-bond donors (Lipinski definition) is 1. The fourth-order valence-corrected chi connectivity index (χ4v) is 1.85. The van der Waals surface area contributed by atoms with Gasteiger partial charge in [-0.05, 0) is 39.0 Å². The van der Waals surface area contributed by atoms with E-state index in [1.54, 1.807) is 0 Å². The average molecular weight is 186 g/mol. The summed E-state index contributed by atoms with van der Waals surface area (Å²) in [4.78, 5) is 0. The molecular formula is C11H22O2. The van der Waals surface area contributed by atoms with Crippen molar-refractivity contribution in [3.63, 3.8) is 0 Å². The minimum absolute atomic E-state index is 0.0298. The van der Waals surface area contributed by atoms with Gasteiger partial charge in [0.1, 0.15) is 0 Å². The second kappa shape index (κ2) is 3.97. The van der Waals surface area contributed by atoms with Crippen LogP contribution in [-0.4, -0.2) is 22.9 Å². The summed E-state index contributed by atoms with van der Waals surface area (Å²) in [6.45, 7) is 7.86. The third-order valence-corrected chi connectivity index (χ3v) is 2.69. The van der Waals surface area contributed by atoms with E-state index in [0.29, 0.717) is 12.0 Å². The summed E-state index contributed by atoms with van der Waals surface area (Å²) in [6, 6.07) is 0. The Kier molecular flexibility index (Phi) is 3.36. The Morgan fingerprint density at radius 1 is 1.31 bits per heavy atom. The molecular weight excluding hydrogens is 164 g/mol. The molecule has 1 aliphatic carbocycles. The van der Waals surface area contributed by atoms with E-state index in [9.17, 15) is 5.11 Å². The van der Waals surface area contributed by atoms with Gasteiger partial charge in [0.2, 0.25) is 0 Å². The van der Waals surface area contributed by atoms with Crippen molar-refractivity contribution in [1.82, 2.24) is 0 Å². The topological polar surface area (TPSA) is 29.5 Å². The molecule has 1 atom stereocenters. The lowest BCUT2D eigenvalue weighted by Gasteiger charge is -2.38. The number of ether oxygens (including phenoxy) is 1. The largest absolute Gasteiger partial charge is 0.388 e. The molecule has 0 spiro atoms. The first-order valence-corrected chi connectivity index (χ1v) is 5.29. The number of hydrogen-bond acceptors (Lipinski definition) is 2. The van der Waals surface area contributed by atoms with E-state index < -0.39 is 5.60 Å². The van der Waals surface area contributed by atoms with Gasteiger partial charge < -0.3 is 9.84 Å². The van der Waals surface area contributed by atoms with Gasteiger partial charge in [0.15, 0.2) is 0 Å². The van der Waals surface area contributed by atoms with Gasteiger partial charge in [-0.1, -0.05) is 13.8 Å². The van der Waals surface area contributed by atoms with Crippen molar-refractivity contribution < 1.29 is 9.84 Å². The van der Waals surface area contributed by atoms with Crippen molar-refractivity contribution in [1.29, 1.82) is 0 Å². The maximum absolute atomic E-state index is 9.89. The van der Waals surface area contributed by atoms with Gasteiger partial charge in [0.05, 0.1) is 17.8 Å². The zero-order valence-electron chi connectivity index (χ0n) is 9.21. The highest BCUT2D eigenvalue weighted by Crippen LogP contribution is 2.29. The average Bonchev–Trinajstić information content (AvgIpc) is 1.79. The molecule has 13 heavy (non-hydrogen) atoms. The Morgan fingerprint density at radius 2 is 1.85 bits per heavy atom. The predicted molar refractivity (Wildman–Crippen MR) is 53.6 cm³/mol. The molecule has 0 aromatic carbocycles. The Morgan fingerprint density at radius 3 is 2.08 bits per heavy atom. The second-order valence-corrected chi connectivity index (χ2v) is 5.01. The van der Waals surface area contributed by atoms with Gasteiger partial charge >= 0.3 is 0 Å². The molecule has 0 aliphatic heterocycles. The van der Waals surface area contributed by atoms with Crippen LogP contribution in [0.15, 0.2) is 0 Å². The van der Waals surface area contributed by atoms with Crippen molar-refractivity contribution in [3.8, 4) is 0 Å². The zero-order valence-corrected chi connectivity index (χ0v) is 9.21. The van der Waals surface area contributed by atoms with Crippen LogP contribution in [0.4, 0.5) is 0 Å². The van der Waals surface area contributed by atoms with E-state index >= 15 is 0 Å². The minimum atomic E-state index is -0.718. The van der Waals surface area contributed by atoms with E-state index in [2.05, 4.69) is 13.8 Å². The standard InChI is InChI=1S/C11H22O2/c1-8(2)10(11(3,4)12)13-9-6-5-7-9/h8-10,12H,5-7H2,1-4H3. The van der Waals surface area contributed by atoms with Gasteiger partial charge in [-0.25, -0.2) is 0 Å². The molecule has 0 bridgehead atoms. The third kappa shape index (κ3) is 2.96. The van der Waals surface area contributed by atoms with Crippen molar-refractivity contribution in [2.75, 3.05) is 0 Å². The summed E-state index contributed by atoms with van der Waals surface area (Å²) in [5, 5.41) is 9.89. The fraction of sp³-hybridized carbons (Fsp3) is 1.00. The van der Waals surface area contributed by atoms with Gasteiger partial charge in [-0.15, -0.1) is 0 Å². The molecule has 1 saturated carbocycles. The van der Waals surface area contributed by atoms with Crippen LogP contribution in [0.3, 0.4) is 0 Å². The molecule has 1 N–H and O–H groups in total. The smallest absolute Gasteiger partial charge is 0.0883 e. The van der Waals surface area contributed by atoms with Gasteiger partial charge in [-0.3, -0.25) is 0 Å². The molecule has 1 rings (SSSR count). The van der Waals surface area contributed by atoms with E-state index in [-0.39, 0.29) is 6.10 Å². The lowest BCUT2D eigenvalue weighted by molar-refractivity contribution is -0.153. The van der Waals surface area contributed by atoms with Crippen LogP contribution in [-0.2, 0) is 4.74 Å². The number of aliphatic hydroxyl groups is 1. The van der Waals surface area contributed by atoms with Gasteiger partial charge in [-0.2, -0.15) is 0 Å². The molecule has 78 valence electrons. The Labute approximate surface area is 81.3 Å². The fourth-order valence-electron chi connectivity index (χ4n) is 1.85. The van der Waals surface area contributed by atoms with E-state index in [0.717, 1.165) is 0 Å². The van der Waals surface area contributed by atoms with Crippen molar-refractivity contribution >= 4 is 0 Å². The minimum Gasteiger partial charge on any atom is -0.388 e. The first-order chi connectivity index (χ1) is 5.91. The summed E-state index contributed by atoms with van der Waals surface area (Å²) < 4.78 is 5.86. The quantitative estimate of drug-likeness (QED) is 0.730. The molecule has 0 aromatic heterocycles. The SMILES string of the molecule is CC(C)C(OC1CCC1)C(C)(C)O. The van der Waals surface area contributed by atoms with Crippen molar-refractivity contribution in [2.45, 2.75) is 64.8 Å². The van der Waals surface area contributed by atoms with Crippen LogP contribution < -0.4 is 0 Å². The highest BCUT2D eigenvalue weighted by molar-refractivity contribution is 4.83. The zero-order chi connectivity index (χ0) is 10.1. The van der Waals surface area contributed by atoms with Crippen LogP contribution in [0.2, 0.25) is 0 Å². The number of rotatable bonds is 4. The van der Waals surface area contributed by atoms with Crippen LogP contribution in [0.1, 0.15) is 47.0 Å². The summed E-state index contributed by atoms with van der Waals surface area (Å²) in [7, 11) is 0. The molecule has 0 radical (unpaired) electrons. The highest BCUT2D eigenvalue weighted by atomic mass is 16.5. The molecule has 0 amide bonds. The van der Waals surface area contributed by atoms with E-state index in [1.807, 2.05) is 13.8 Å². The van der Waals surface area contributed by atoms with E-state index in [1.165, 1.54) is 19.3 Å². The molecule has 1 fully saturated rings. The highest BCUT2D eigenvalue weighted by Gasteiger charge is 2.34. The van der Waals surface area contributed by atoms with Crippen molar-refractivity contribution in [2.24, 2.45) is 5.92 Å². The maximum Gasteiger partial charge on any atom is 0.0883 e.